The third-order valence-electron chi connectivity index (χ3n) is 7.78. The molecule has 0 bridgehead atoms. The van der Waals surface area contributed by atoms with E-state index in [4.69, 9.17) is 21.6 Å². The van der Waals surface area contributed by atoms with E-state index < -0.39 is 5.54 Å². The summed E-state index contributed by atoms with van der Waals surface area (Å²) in [6, 6.07) is 23.7. The predicted molar refractivity (Wildman–Crippen MR) is 162 cm³/mol. The van der Waals surface area contributed by atoms with E-state index in [1.54, 1.807) is 12.5 Å². The van der Waals surface area contributed by atoms with Gasteiger partial charge in [0.15, 0.2) is 22.8 Å². The molecule has 1 N–H and O–H groups in total. The highest BCUT2D eigenvalue weighted by atomic mass is 35.5. The second-order valence-corrected chi connectivity index (χ2v) is 10.9. The summed E-state index contributed by atoms with van der Waals surface area (Å²) < 4.78 is 2.01. The predicted octanol–water partition coefficient (Wildman–Crippen LogP) is 6.33. The van der Waals surface area contributed by atoms with Gasteiger partial charge < -0.3 is 10.2 Å². The SMILES string of the molecule is CCCCC(=O)NC1(c2ccccc2)CCN(c2ncnc3c2nc(-c2ccccn2)n3-c2ccc(Cl)cc2)CC1. The minimum absolute atomic E-state index is 0.107. The fourth-order valence-corrected chi connectivity index (χ4v) is 5.75. The van der Waals surface area contributed by atoms with E-state index in [2.05, 4.69) is 39.2 Å². The van der Waals surface area contributed by atoms with Gasteiger partial charge in [0.25, 0.3) is 0 Å². The Balaban J connectivity index is 1.37. The summed E-state index contributed by atoms with van der Waals surface area (Å²) in [5.41, 5.74) is 3.76. The Kier molecular flexibility index (Phi) is 7.65. The van der Waals surface area contributed by atoms with E-state index in [0.717, 1.165) is 48.4 Å². The van der Waals surface area contributed by atoms with E-state index in [1.165, 1.54) is 0 Å². The van der Waals surface area contributed by atoms with E-state index >= 15 is 0 Å². The number of hydrogen-bond acceptors (Lipinski definition) is 6. The molecule has 9 heteroatoms. The normalized spacial score (nSPS) is 14.7. The summed E-state index contributed by atoms with van der Waals surface area (Å²) in [4.78, 5) is 34.2. The average molecular weight is 566 g/mol. The largest absolute Gasteiger partial charge is 0.354 e. The molecule has 1 saturated heterocycles. The van der Waals surface area contributed by atoms with Crippen molar-refractivity contribution in [3.8, 4) is 17.2 Å². The van der Waals surface area contributed by atoms with Crippen molar-refractivity contribution in [1.82, 2.24) is 29.8 Å². The number of piperidine rings is 1. The zero-order valence-corrected chi connectivity index (χ0v) is 23.8. The molecule has 4 heterocycles. The smallest absolute Gasteiger partial charge is 0.220 e. The Labute approximate surface area is 244 Å². The number of unbranched alkanes of at least 4 members (excludes halogenated alkanes) is 1. The quantitative estimate of drug-likeness (QED) is 0.236. The molecule has 0 atom stereocenters. The number of halogens is 1. The van der Waals surface area contributed by atoms with Crippen LogP contribution in [0.25, 0.3) is 28.4 Å². The molecule has 0 unspecified atom stereocenters. The number of anilines is 1. The van der Waals surface area contributed by atoms with E-state index in [9.17, 15) is 4.79 Å². The minimum Gasteiger partial charge on any atom is -0.354 e. The van der Waals surface area contributed by atoms with Gasteiger partial charge in [0, 0.05) is 36.4 Å². The van der Waals surface area contributed by atoms with Crippen molar-refractivity contribution in [3.63, 3.8) is 0 Å². The summed E-state index contributed by atoms with van der Waals surface area (Å²) in [6.45, 7) is 3.53. The number of nitrogens with one attached hydrogen (secondary N) is 1. The van der Waals surface area contributed by atoms with E-state index in [0.29, 0.717) is 41.5 Å². The molecule has 0 radical (unpaired) electrons. The number of rotatable bonds is 8. The molecule has 0 spiro atoms. The summed E-state index contributed by atoms with van der Waals surface area (Å²) in [6.07, 6.45) is 7.29. The van der Waals surface area contributed by atoms with Gasteiger partial charge in [-0.15, -0.1) is 0 Å². The highest BCUT2D eigenvalue weighted by Gasteiger charge is 2.38. The Morgan fingerprint density at radius 2 is 1.71 bits per heavy atom. The summed E-state index contributed by atoms with van der Waals surface area (Å²) in [5.74, 6) is 1.57. The highest BCUT2D eigenvalue weighted by Crippen LogP contribution is 2.37. The molecule has 5 aromatic rings. The number of imidazole rings is 1. The van der Waals surface area contributed by atoms with Crippen molar-refractivity contribution >= 4 is 34.5 Å². The standard InChI is InChI=1S/C32H32ClN7O/c1-2-3-12-27(41)38-32(23-9-5-4-6-10-23)17-20-39(21-18-32)30-28-31(36-22-35-30)40(25-15-13-24(33)14-16-25)29(37-28)26-11-7-8-19-34-26/h4-11,13-16,19,22H,2-3,12,17-18,20-21H2,1H3,(H,38,41). The topological polar surface area (TPSA) is 88.8 Å². The van der Waals surface area contributed by atoms with Crippen LogP contribution in [0.4, 0.5) is 5.82 Å². The number of aromatic nitrogens is 5. The van der Waals surface area contributed by atoms with E-state index in [1.807, 2.05) is 65.2 Å². The van der Waals surface area contributed by atoms with Crippen LogP contribution in [0.3, 0.4) is 0 Å². The zero-order chi connectivity index (χ0) is 28.2. The van der Waals surface area contributed by atoms with Crippen molar-refractivity contribution in [1.29, 1.82) is 0 Å². The maximum Gasteiger partial charge on any atom is 0.220 e. The molecule has 3 aromatic heterocycles. The first-order valence-electron chi connectivity index (χ1n) is 14.1. The van der Waals surface area contributed by atoms with Gasteiger partial charge in [-0.05, 0) is 61.2 Å². The zero-order valence-electron chi connectivity index (χ0n) is 23.0. The fourth-order valence-electron chi connectivity index (χ4n) is 5.62. The second kappa shape index (κ2) is 11.7. The van der Waals surface area contributed by atoms with Gasteiger partial charge in [-0.3, -0.25) is 14.3 Å². The molecule has 1 aliphatic heterocycles. The van der Waals surface area contributed by atoms with Crippen LogP contribution in [0.1, 0.15) is 44.6 Å². The summed E-state index contributed by atoms with van der Waals surface area (Å²) in [5, 5.41) is 4.07. The molecule has 41 heavy (non-hydrogen) atoms. The van der Waals surface area contributed by atoms with Crippen LogP contribution < -0.4 is 10.2 Å². The Morgan fingerprint density at radius 3 is 2.41 bits per heavy atom. The van der Waals surface area contributed by atoms with Crippen LogP contribution >= 0.6 is 11.6 Å². The first-order chi connectivity index (χ1) is 20.1. The molecule has 6 rings (SSSR count). The number of hydrogen-bond donors (Lipinski definition) is 1. The number of benzene rings is 2. The number of fused-ring (bicyclic) bond motifs is 1. The number of amides is 1. The lowest BCUT2D eigenvalue weighted by atomic mass is 9.80. The Hall–Kier alpha value is -4.30. The molecule has 1 amide bonds. The molecule has 0 aliphatic carbocycles. The number of pyridine rings is 1. The Bertz CT molecular complexity index is 1630. The maximum atomic E-state index is 12.9. The number of nitrogens with zero attached hydrogens (tertiary/aromatic N) is 6. The lowest BCUT2D eigenvalue weighted by Gasteiger charge is -2.43. The first kappa shape index (κ1) is 26.9. The van der Waals surface area contributed by atoms with Crippen molar-refractivity contribution in [2.45, 2.75) is 44.6 Å². The van der Waals surface area contributed by atoms with Gasteiger partial charge in [-0.1, -0.05) is 61.3 Å². The van der Waals surface area contributed by atoms with Crippen molar-refractivity contribution < 1.29 is 4.79 Å². The molecule has 2 aromatic carbocycles. The lowest BCUT2D eigenvalue weighted by Crippen LogP contribution is -2.53. The van der Waals surface area contributed by atoms with E-state index in [-0.39, 0.29) is 5.91 Å². The van der Waals surface area contributed by atoms with Gasteiger partial charge in [0.05, 0.1) is 5.54 Å². The van der Waals surface area contributed by atoms with Crippen LogP contribution in [0.2, 0.25) is 5.02 Å². The van der Waals surface area contributed by atoms with Gasteiger partial charge in [-0.25, -0.2) is 15.0 Å². The lowest BCUT2D eigenvalue weighted by molar-refractivity contribution is -0.123. The third kappa shape index (κ3) is 5.39. The van der Waals surface area contributed by atoms with Gasteiger partial charge >= 0.3 is 0 Å². The first-order valence-corrected chi connectivity index (χ1v) is 14.5. The maximum absolute atomic E-state index is 12.9. The molecule has 1 aliphatic rings. The molecular formula is C32H32ClN7O. The van der Waals surface area contributed by atoms with Gasteiger partial charge in [0.2, 0.25) is 5.91 Å². The number of carbonyl (C=O) groups excluding carboxylic acids is 1. The number of carbonyl (C=O) groups is 1. The molecular weight excluding hydrogens is 534 g/mol. The van der Waals surface area contributed by atoms with Crippen LogP contribution in [-0.4, -0.2) is 43.5 Å². The fraction of sp³-hybridized carbons (Fsp3) is 0.281. The molecule has 8 nitrogen and oxygen atoms in total. The average Bonchev–Trinajstić information content (AvgIpc) is 3.42. The van der Waals surface area contributed by atoms with Crippen LogP contribution in [0.15, 0.2) is 85.3 Å². The van der Waals surface area contributed by atoms with Gasteiger partial charge in [0.1, 0.15) is 12.0 Å². The minimum atomic E-state index is -0.420. The summed E-state index contributed by atoms with van der Waals surface area (Å²) in [7, 11) is 0. The van der Waals surface area contributed by atoms with Crippen molar-refractivity contribution in [3.05, 3.63) is 95.9 Å². The third-order valence-corrected chi connectivity index (χ3v) is 8.03. The Morgan fingerprint density at radius 1 is 0.951 bits per heavy atom. The van der Waals surface area contributed by atoms with Crippen LogP contribution in [-0.2, 0) is 10.3 Å². The molecule has 0 saturated carbocycles. The van der Waals surface area contributed by atoms with Crippen molar-refractivity contribution in [2.24, 2.45) is 0 Å². The monoisotopic (exact) mass is 565 g/mol. The molecule has 1 fully saturated rings. The van der Waals surface area contributed by atoms with Crippen molar-refractivity contribution in [2.75, 3.05) is 18.0 Å². The van der Waals surface area contributed by atoms with Crippen LogP contribution in [0, 0.1) is 0 Å². The second-order valence-electron chi connectivity index (χ2n) is 10.4. The summed E-state index contributed by atoms with van der Waals surface area (Å²) >= 11 is 6.20. The van der Waals surface area contributed by atoms with Gasteiger partial charge in [-0.2, -0.15) is 0 Å². The van der Waals surface area contributed by atoms with Crippen LogP contribution in [0.5, 0.6) is 0 Å². The molecule has 208 valence electrons. The highest BCUT2D eigenvalue weighted by molar-refractivity contribution is 6.30.